The zero-order valence-corrected chi connectivity index (χ0v) is 19.5. The summed E-state index contributed by atoms with van der Waals surface area (Å²) < 4.78 is 16.8. The van der Waals surface area contributed by atoms with E-state index in [4.69, 9.17) is 25.5 Å². The van der Waals surface area contributed by atoms with E-state index in [0.29, 0.717) is 32.7 Å². The van der Waals surface area contributed by atoms with E-state index in [2.05, 4.69) is 4.98 Å². The summed E-state index contributed by atoms with van der Waals surface area (Å²) in [5.74, 6) is -1.15. The lowest BCUT2D eigenvalue weighted by Crippen LogP contribution is -2.31. The van der Waals surface area contributed by atoms with Crippen LogP contribution in [0.1, 0.15) is 22.2 Å². The van der Waals surface area contributed by atoms with Gasteiger partial charge in [0, 0.05) is 5.02 Å². The van der Waals surface area contributed by atoms with Gasteiger partial charge in [0.1, 0.15) is 0 Å². The zero-order valence-electron chi connectivity index (χ0n) is 17.9. The normalized spacial score (nSPS) is 15.9. The van der Waals surface area contributed by atoms with Gasteiger partial charge in [-0.05, 0) is 48.0 Å². The van der Waals surface area contributed by atoms with Crippen molar-refractivity contribution in [2.24, 2.45) is 0 Å². The fourth-order valence-electron chi connectivity index (χ4n) is 3.90. The Balaban J connectivity index is 1.70. The third-order valence-electron chi connectivity index (χ3n) is 5.47. The van der Waals surface area contributed by atoms with E-state index >= 15 is 0 Å². The van der Waals surface area contributed by atoms with Gasteiger partial charge in [0.15, 0.2) is 28.1 Å². The Bertz CT molecular complexity index is 1460. The topological polar surface area (TPSA) is 102 Å². The molecule has 0 bridgehead atoms. The van der Waals surface area contributed by atoms with Crippen molar-refractivity contribution >= 4 is 50.0 Å². The van der Waals surface area contributed by atoms with Gasteiger partial charge in [-0.25, -0.2) is 4.98 Å². The first kappa shape index (κ1) is 22.0. The fraction of sp³-hybridized carbons (Fsp3) is 0.125. The van der Waals surface area contributed by atoms with Crippen molar-refractivity contribution in [3.63, 3.8) is 0 Å². The number of ketones is 1. The molecule has 1 atom stereocenters. The van der Waals surface area contributed by atoms with Crippen LogP contribution in [0.4, 0.5) is 5.13 Å². The van der Waals surface area contributed by atoms with Crippen molar-refractivity contribution in [3.05, 3.63) is 82.5 Å². The summed E-state index contributed by atoms with van der Waals surface area (Å²) in [6.45, 7) is 0. The number of nitrogens with zero attached hydrogens (tertiary/aromatic N) is 2. The van der Waals surface area contributed by atoms with Gasteiger partial charge in [-0.15, -0.1) is 0 Å². The van der Waals surface area contributed by atoms with Crippen LogP contribution in [-0.4, -0.2) is 36.0 Å². The molecule has 1 aliphatic heterocycles. The highest BCUT2D eigenvalue weighted by atomic mass is 35.5. The number of halogens is 1. The molecule has 1 amide bonds. The van der Waals surface area contributed by atoms with Crippen molar-refractivity contribution in [2.45, 2.75) is 6.04 Å². The van der Waals surface area contributed by atoms with Crippen molar-refractivity contribution in [2.75, 3.05) is 19.1 Å². The largest absolute Gasteiger partial charge is 0.503 e. The van der Waals surface area contributed by atoms with Crippen molar-refractivity contribution < 1.29 is 28.6 Å². The fourth-order valence-corrected chi connectivity index (χ4v) is 5.17. The Morgan fingerprint density at radius 2 is 1.94 bits per heavy atom. The number of methoxy groups -OCH3 is 2. The smallest absolute Gasteiger partial charge is 0.296 e. The first-order valence-corrected chi connectivity index (χ1v) is 11.2. The SMILES string of the molecule is COc1ccc(C2C(C(=O)c3ccco3)=C(O)C(=O)N2c2nc3ccc(Cl)cc3s2)cc1OC. The number of thiazole rings is 1. The number of benzene rings is 2. The van der Waals surface area contributed by atoms with Crippen molar-refractivity contribution in [1.82, 2.24) is 4.98 Å². The van der Waals surface area contributed by atoms with Gasteiger partial charge in [0.25, 0.3) is 5.91 Å². The lowest BCUT2D eigenvalue weighted by Gasteiger charge is -2.25. The number of hydrogen-bond acceptors (Lipinski definition) is 8. The van der Waals surface area contributed by atoms with E-state index in [1.807, 2.05) is 0 Å². The van der Waals surface area contributed by atoms with E-state index in [9.17, 15) is 14.7 Å². The quantitative estimate of drug-likeness (QED) is 0.359. The highest BCUT2D eigenvalue weighted by Gasteiger charge is 2.46. The number of carbonyl (C=O) groups excluding carboxylic acids is 2. The third-order valence-corrected chi connectivity index (χ3v) is 6.72. The van der Waals surface area contributed by atoms with E-state index in [1.165, 1.54) is 42.8 Å². The molecule has 1 unspecified atom stereocenters. The Morgan fingerprint density at radius 1 is 1.15 bits per heavy atom. The number of rotatable bonds is 6. The Morgan fingerprint density at radius 3 is 2.65 bits per heavy atom. The maximum Gasteiger partial charge on any atom is 0.296 e. The van der Waals surface area contributed by atoms with Gasteiger partial charge in [-0.3, -0.25) is 14.5 Å². The zero-order chi connectivity index (χ0) is 24.0. The minimum atomic E-state index is -0.985. The number of amides is 1. The number of aliphatic hydroxyl groups excluding tert-OH is 1. The third kappa shape index (κ3) is 3.49. The summed E-state index contributed by atoms with van der Waals surface area (Å²) in [5.41, 5.74) is 1.03. The second kappa shape index (κ2) is 8.51. The van der Waals surface area contributed by atoms with Crippen molar-refractivity contribution in [1.29, 1.82) is 0 Å². The number of ether oxygens (including phenoxy) is 2. The van der Waals surface area contributed by atoms with Crippen LogP contribution in [0.3, 0.4) is 0 Å². The average Bonchev–Trinajstić information content (AvgIpc) is 3.57. The minimum absolute atomic E-state index is 0.00208. The van der Waals surface area contributed by atoms with E-state index < -0.39 is 23.5 Å². The summed E-state index contributed by atoms with van der Waals surface area (Å²) in [4.78, 5) is 32.5. The van der Waals surface area contributed by atoms with Crippen LogP contribution in [0.15, 0.2) is 70.5 Å². The number of Topliss-reactive ketones (excluding diaryl/α,β-unsaturated/α-hetero) is 1. The number of aliphatic hydroxyl groups is 1. The van der Waals surface area contributed by atoms with Crippen LogP contribution in [0.25, 0.3) is 10.2 Å². The van der Waals surface area contributed by atoms with Gasteiger partial charge in [0.05, 0.1) is 42.3 Å². The summed E-state index contributed by atoms with van der Waals surface area (Å²) in [6, 6.07) is 12.3. The number of carbonyl (C=O) groups is 2. The van der Waals surface area contributed by atoms with Gasteiger partial charge in [-0.2, -0.15) is 0 Å². The molecule has 1 N–H and O–H groups in total. The Labute approximate surface area is 202 Å². The van der Waals surface area contributed by atoms with Crippen LogP contribution in [0.5, 0.6) is 11.5 Å². The maximum atomic E-state index is 13.3. The van der Waals surface area contributed by atoms with E-state index in [-0.39, 0.29) is 11.3 Å². The summed E-state index contributed by atoms with van der Waals surface area (Å²) in [5, 5.41) is 11.7. The molecule has 0 fully saturated rings. The molecule has 2 aromatic carbocycles. The number of furan rings is 1. The molecule has 0 spiro atoms. The molecule has 0 radical (unpaired) electrons. The molecule has 0 saturated heterocycles. The molecule has 0 saturated carbocycles. The van der Waals surface area contributed by atoms with Gasteiger partial charge >= 0.3 is 0 Å². The highest BCUT2D eigenvalue weighted by Crippen LogP contribution is 2.45. The number of hydrogen-bond donors (Lipinski definition) is 1. The van der Waals surface area contributed by atoms with Crippen LogP contribution >= 0.6 is 22.9 Å². The molecule has 2 aromatic heterocycles. The lowest BCUT2D eigenvalue weighted by molar-refractivity contribution is -0.117. The molecule has 8 nitrogen and oxygen atoms in total. The number of aromatic nitrogens is 1. The molecule has 0 aliphatic carbocycles. The van der Waals surface area contributed by atoms with Gasteiger partial charge in [0.2, 0.25) is 5.78 Å². The monoisotopic (exact) mass is 496 g/mol. The second-order valence-electron chi connectivity index (χ2n) is 7.37. The average molecular weight is 497 g/mol. The molecule has 10 heteroatoms. The standard InChI is InChI=1S/C24H17ClN2O6S/c1-31-15-8-5-12(10-17(15)32-2)20-19(21(28)16-4-3-9-33-16)22(29)23(30)27(20)24-26-14-7-6-13(25)11-18(14)34-24/h3-11,20,29H,1-2H3. The molecule has 3 heterocycles. The van der Waals surface area contributed by atoms with E-state index in [1.54, 1.807) is 42.5 Å². The molecule has 172 valence electrons. The first-order chi connectivity index (χ1) is 16.4. The lowest BCUT2D eigenvalue weighted by atomic mass is 9.95. The van der Waals surface area contributed by atoms with Crippen molar-refractivity contribution in [3.8, 4) is 11.5 Å². The number of fused-ring (bicyclic) bond motifs is 1. The van der Waals surface area contributed by atoms with Crippen LogP contribution in [0.2, 0.25) is 5.02 Å². The predicted octanol–water partition coefficient (Wildman–Crippen LogP) is 5.34. The Kier molecular flexibility index (Phi) is 5.51. The summed E-state index contributed by atoms with van der Waals surface area (Å²) >= 11 is 7.34. The molecular formula is C24H17ClN2O6S. The molecule has 5 rings (SSSR count). The van der Waals surface area contributed by atoms with Gasteiger partial charge < -0.3 is 19.0 Å². The minimum Gasteiger partial charge on any atom is -0.503 e. The first-order valence-electron chi connectivity index (χ1n) is 10.1. The molecule has 4 aromatic rings. The van der Waals surface area contributed by atoms with Crippen LogP contribution in [-0.2, 0) is 4.79 Å². The molecule has 34 heavy (non-hydrogen) atoms. The Hall–Kier alpha value is -3.82. The maximum absolute atomic E-state index is 13.3. The van der Waals surface area contributed by atoms with E-state index in [0.717, 1.165) is 4.70 Å². The summed E-state index contributed by atoms with van der Waals surface area (Å²) in [7, 11) is 2.99. The van der Waals surface area contributed by atoms with Crippen LogP contribution < -0.4 is 14.4 Å². The highest BCUT2D eigenvalue weighted by molar-refractivity contribution is 7.22. The van der Waals surface area contributed by atoms with Crippen LogP contribution in [0, 0.1) is 0 Å². The predicted molar refractivity (Wildman–Crippen MR) is 127 cm³/mol. The number of anilines is 1. The second-order valence-corrected chi connectivity index (χ2v) is 8.81. The van der Waals surface area contributed by atoms with Gasteiger partial charge in [-0.1, -0.05) is 29.0 Å². The molecular weight excluding hydrogens is 480 g/mol. The summed E-state index contributed by atoms with van der Waals surface area (Å²) in [6.07, 6.45) is 1.35. The molecule has 1 aliphatic rings.